The Bertz CT molecular complexity index is 734. The number of aromatic hydroxyl groups is 1. The average molecular weight is 409 g/mol. The van der Waals surface area contributed by atoms with Crippen LogP contribution in [0.25, 0.3) is 0 Å². The summed E-state index contributed by atoms with van der Waals surface area (Å²) in [5.41, 5.74) is 6.29. The number of amides is 2. The van der Waals surface area contributed by atoms with Crippen LogP contribution < -0.4 is 16.4 Å². The number of carbonyl (C=O) groups is 4. The minimum absolute atomic E-state index is 0.00614. The Hall–Kier alpha value is -3.14. The highest BCUT2D eigenvalue weighted by Gasteiger charge is 2.29. The molecule has 0 aromatic heterocycles. The summed E-state index contributed by atoms with van der Waals surface area (Å²) in [5, 5.41) is 32.2. The maximum Gasteiger partial charge on any atom is 0.326 e. The number of hydrogen-bond donors (Lipinski definition) is 6. The van der Waals surface area contributed by atoms with Crippen molar-refractivity contribution in [2.75, 3.05) is 0 Å². The van der Waals surface area contributed by atoms with Crippen molar-refractivity contribution < 1.29 is 34.5 Å². The zero-order valence-electron chi connectivity index (χ0n) is 16.3. The lowest BCUT2D eigenvalue weighted by molar-refractivity contribution is -0.143. The van der Waals surface area contributed by atoms with Gasteiger partial charge in [0.2, 0.25) is 11.8 Å². The summed E-state index contributed by atoms with van der Waals surface area (Å²) in [4.78, 5) is 47.3. The third-order valence-corrected chi connectivity index (χ3v) is 4.06. The molecule has 7 N–H and O–H groups in total. The number of aliphatic carboxylic acids is 2. The molecule has 0 aliphatic rings. The van der Waals surface area contributed by atoms with E-state index in [-0.39, 0.29) is 18.1 Å². The molecule has 1 aromatic carbocycles. The second-order valence-electron chi connectivity index (χ2n) is 7.17. The number of carbonyl (C=O) groups excluding carboxylic acids is 2. The monoisotopic (exact) mass is 409 g/mol. The molecule has 3 atom stereocenters. The van der Waals surface area contributed by atoms with Gasteiger partial charge in [0.1, 0.15) is 17.8 Å². The van der Waals surface area contributed by atoms with Crippen LogP contribution in [0, 0.1) is 5.92 Å². The molecule has 0 spiro atoms. The third kappa shape index (κ3) is 8.60. The van der Waals surface area contributed by atoms with E-state index in [0.717, 1.165) is 0 Å². The van der Waals surface area contributed by atoms with Gasteiger partial charge in [-0.05, 0) is 30.0 Å². The van der Waals surface area contributed by atoms with Crippen molar-refractivity contribution in [1.82, 2.24) is 10.6 Å². The van der Waals surface area contributed by atoms with Gasteiger partial charge >= 0.3 is 11.9 Å². The van der Waals surface area contributed by atoms with E-state index >= 15 is 0 Å². The van der Waals surface area contributed by atoms with Gasteiger partial charge in [0.05, 0.1) is 12.5 Å². The van der Waals surface area contributed by atoms with Crippen LogP contribution >= 0.6 is 0 Å². The summed E-state index contributed by atoms with van der Waals surface area (Å²) in [6.45, 7) is 3.71. The van der Waals surface area contributed by atoms with Crippen molar-refractivity contribution in [3.63, 3.8) is 0 Å². The highest BCUT2D eigenvalue weighted by molar-refractivity contribution is 5.94. The summed E-state index contributed by atoms with van der Waals surface area (Å²) in [6, 6.07) is 1.99. The van der Waals surface area contributed by atoms with Crippen LogP contribution in [-0.2, 0) is 25.6 Å². The van der Waals surface area contributed by atoms with E-state index in [1.165, 1.54) is 24.3 Å². The van der Waals surface area contributed by atoms with Gasteiger partial charge in [0, 0.05) is 6.42 Å². The van der Waals surface area contributed by atoms with Gasteiger partial charge < -0.3 is 31.7 Å². The Morgan fingerprint density at radius 3 is 2.00 bits per heavy atom. The molecule has 0 aliphatic carbocycles. The normalized spacial score (nSPS) is 13.9. The fourth-order valence-corrected chi connectivity index (χ4v) is 2.62. The smallest absolute Gasteiger partial charge is 0.326 e. The lowest BCUT2D eigenvalue weighted by Crippen LogP contribution is -2.55. The second kappa shape index (κ2) is 11.0. The number of carboxylic acids is 2. The first kappa shape index (κ1) is 23.9. The third-order valence-electron chi connectivity index (χ3n) is 4.06. The van der Waals surface area contributed by atoms with Gasteiger partial charge in [-0.3, -0.25) is 14.4 Å². The van der Waals surface area contributed by atoms with E-state index < -0.39 is 48.3 Å². The number of phenolic OH excluding ortho intramolecular Hbond substituents is 1. The molecule has 1 rings (SSSR count). The Labute approximate surface area is 168 Å². The lowest BCUT2D eigenvalue weighted by atomic mass is 10.0. The van der Waals surface area contributed by atoms with Crippen molar-refractivity contribution in [2.45, 2.75) is 51.2 Å². The van der Waals surface area contributed by atoms with Crippen LogP contribution in [0.4, 0.5) is 0 Å². The molecule has 29 heavy (non-hydrogen) atoms. The van der Waals surface area contributed by atoms with E-state index in [0.29, 0.717) is 12.0 Å². The first-order valence-electron chi connectivity index (χ1n) is 9.08. The number of carboxylic acid groups (broad SMARTS) is 2. The molecule has 0 fully saturated rings. The van der Waals surface area contributed by atoms with Gasteiger partial charge in [-0.25, -0.2) is 4.79 Å². The highest BCUT2D eigenvalue weighted by atomic mass is 16.4. The molecule has 0 heterocycles. The number of nitrogens with one attached hydrogen (secondary N) is 2. The predicted octanol–water partition coefficient (Wildman–Crippen LogP) is -0.163. The van der Waals surface area contributed by atoms with Gasteiger partial charge in [-0.15, -0.1) is 0 Å². The van der Waals surface area contributed by atoms with Gasteiger partial charge in [0.15, 0.2) is 0 Å². The van der Waals surface area contributed by atoms with Crippen molar-refractivity contribution >= 4 is 23.8 Å². The maximum absolute atomic E-state index is 12.5. The van der Waals surface area contributed by atoms with E-state index in [4.69, 9.17) is 10.8 Å². The average Bonchev–Trinajstić information content (AvgIpc) is 2.61. The quantitative estimate of drug-likeness (QED) is 0.292. The van der Waals surface area contributed by atoms with E-state index in [2.05, 4.69) is 10.6 Å². The Morgan fingerprint density at radius 2 is 1.52 bits per heavy atom. The number of nitrogens with two attached hydrogens (primary N) is 1. The molecule has 1 aromatic rings. The van der Waals surface area contributed by atoms with Crippen molar-refractivity contribution in [1.29, 1.82) is 0 Å². The van der Waals surface area contributed by atoms with Crippen molar-refractivity contribution in [3.8, 4) is 5.75 Å². The fraction of sp³-hybridized carbons (Fsp3) is 0.474. The summed E-state index contributed by atoms with van der Waals surface area (Å²) < 4.78 is 0. The first-order chi connectivity index (χ1) is 13.5. The summed E-state index contributed by atoms with van der Waals surface area (Å²) in [5.74, 6) is -4.18. The standard InChI is InChI=1S/C19H27N3O7/c1-10(2)7-13(20)17(26)21-14(9-16(24)25)18(27)22-15(19(28)29)8-11-3-5-12(23)6-4-11/h3-6,10,13-15,23H,7-9,20H2,1-2H3,(H,21,26)(H,22,27)(H,24,25)(H,28,29). The van der Waals surface area contributed by atoms with Crippen LogP contribution in [0.15, 0.2) is 24.3 Å². The second-order valence-corrected chi connectivity index (χ2v) is 7.17. The number of phenols is 1. The lowest BCUT2D eigenvalue weighted by Gasteiger charge is -2.22. The number of benzene rings is 1. The van der Waals surface area contributed by atoms with Crippen molar-refractivity contribution in [3.05, 3.63) is 29.8 Å². The molecule has 0 radical (unpaired) electrons. The Balaban J connectivity index is 2.87. The zero-order valence-corrected chi connectivity index (χ0v) is 16.3. The number of hydrogen-bond acceptors (Lipinski definition) is 6. The van der Waals surface area contributed by atoms with Crippen molar-refractivity contribution in [2.24, 2.45) is 11.7 Å². The Kier molecular flexibility index (Phi) is 9.07. The molecular weight excluding hydrogens is 382 g/mol. The summed E-state index contributed by atoms with van der Waals surface area (Å²) >= 11 is 0. The molecule has 0 saturated heterocycles. The van der Waals surface area contributed by atoms with Crippen LogP contribution in [0.3, 0.4) is 0 Å². The van der Waals surface area contributed by atoms with Gasteiger partial charge in [-0.2, -0.15) is 0 Å². The van der Waals surface area contributed by atoms with Gasteiger partial charge in [0.25, 0.3) is 0 Å². The zero-order chi connectivity index (χ0) is 22.1. The molecule has 10 nitrogen and oxygen atoms in total. The van der Waals surface area contributed by atoms with E-state index in [1.807, 2.05) is 13.8 Å². The topological polar surface area (TPSA) is 179 Å². The number of rotatable bonds is 11. The first-order valence-corrected chi connectivity index (χ1v) is 9.08. The molecule has 3 unspecified atom stereocenters. The maximum atomic E-state index is 12.5. The summed E-state index contributed by atoms with van der Waals surface area (Å²) in [6.07, 6.45) is -0.481. The highest BCUT2D eigenvalue weighted by Crippen LogP contribution is 2.12. The minimum atomic E-state index is -1.47. The molecule has 160 valence electrons. The van der Waals surface area contributed by atoms with E-state index in [9.17, 15) is 29.4 Å². The largest absolute Gasteiger partial charge is 0.508 e. The molecule has 0 saturated carbocycles. The fourth-order valence-electron chi connectivity index (χ4n) is 2.62. The van der Waals surface area contributed by atoms with Crippen LogP contribution in [0.5, 0.6) is 5.75 Å². The van der Waals surface area contributed by atoms with Crippen LogP contribution in [-0.4, -0.2) is 57.2 Å². The molecule has 0 aliphatic heterocycles. The summed E-state index contributed by atoms with van der Waals surface area (Å²) in [7, 11) is 0. The van der Waals surface area contributed by atoms with E-state index in [1.54, 1.807) is 0 Å². The Morgan fingerprint density at radius 1 is 0.966 bits per heavy atom. The molecule has 2 amide bonds. The SMILES string of the molecule is CC(C)CC(N)C(=O)NC(CC(=O)O)C(=O)NC(Cc1ccc(O)cc1)C(=O)O. The van der Waals surface area contributed by atoms with Gasteiger partial charge in [-0.1, -0.05) is 26.0 Å². The minimum Gasteiger partial charge on any atom is -0.508 e. The molecular formula is C19H27N3O7. The molecule has 0 bridgehead atoms. The predicted molar refractivity (Wildman–Crippen MR) is 103 cm³/mol. The van der Waals surface area contributed by atoms with Crippen LogP contribution in [0.1, 0.15) is 32.3 Å². The van der Waals surface area contributed by atoms with Crippen LogP contribution in [0.2, 0.25) is 0 Å². The molecule has 10 heteroatoms.